The standard InChI is InChI=1S/C14H20N2O/c1-16(2)14(17)9-10-15-13-8-7-11-5-3-4-6-12(11)13/h3-6,13,15H,7-10H2,1-2H3. The monoisotopic (exact) mass is 232 g/mol. The Morgan fingerprint density at radius 2 is 2.18 bits per heavy atom. The molecule has 0 radical (unpaired) electrons. The van der Waals surface area contributed by atoms with Gasteiger partial charge >= 0.3 is 0 Å². The van der Waals surface area contributed by atoms with E-state index in [1.165, 1.54) is 11.1 Å². The molecule has 1 N–H and O–H groups in total. The summed E-state index contributed by atoms with van der Waals surface area (Å²) in [6, 6.07) is 9.00. The average molecular weight is 232 g/mol. The van der Waals surface area contributed by atoms with Crippen molar-refractivity contribution in [2.24, 2.45) is 0 Å². The SMILES string of the molecule is CN(C)C(=O)CCNC1CCc2ccccc21. The minimum absolute atomic E-state index is 0.184. The van der Waals surface area contributed by atoms with Crippen molar-refractivity contribution in [3.63, 3.8) is 0 Å². The topological polar surface area (TPSA) is 32.3 Å². The quantitative estimate of drug-likeness (QED) is 0.857. The summed E-state index contributed by atoms with van der Waals surface area (Å²) in [5, 5.41) is 3.48. The first-order valence-electron chi connectivity index (χ1n) is 6.20. The van der Waals surface area contributed by atoms with Crippen LogP contribution in [0.1, 0.15) is 30.0 Å². The Labute approximate surface area is 103 Å². The molecule has 2 rings (SSSR count). The van der Waals surface area contributed by atoms with Crippen LogP contribution in [-0.4, -0.2) is 31.4 Å². The van der Waals surface area contributed by atoms with Crippen LogP contribution in [0.4, 0.5) is 0 Å². The van der Waals surface area contributed by atoms with E-state index in [4.69, 9.17) is 0 Å². The highest BCUT2D eigenvalue weighted by Gasteiger charge is 2.21. The summed E-state index contributed by atoms with van der Waals surface area (Å²) in [4.78, 5) is 13.1. The van der Waals surface area contributed by atoms with Crippen molar-refractivity contribution in [1.29, 1.82) is 0 Å². The minimum Gasteiger partial charge on any atom is -0.349 e. The number of nitrogens with zero attached hydrogens (tertiary/aromatic N) is 1. The number of hydrogen-bond acceptors (Lipinski definition) is 2. The lowest BCUT2D eigenvalue weighted by molar-refractivity contribution is -0.128. The Morgan fingerprint density at radius 3 is 2.94 bits per heavy atom. The molecule has 1 aromatic rings. The van der Waals surface area contributed by atoms with Crippen LogP contribution in [-0.2, 0) is 11.2 Å². The van der Waals surface area contributed by atoms with Crippen LogP contribution in [0.25, 0.3) is 0 Å². The molecule has 3 nitrogen and oxygen atoms in total. The normalized spacial score (nSPS) is 17.9. The van der Waals surface area contributed by atoms with Gasteiger partial charge in [0.1, 0.15) is 0 Å². The maximum absolute atomic E-state index is 11.4. The number of benzene rings is 1. The maximum atomic E-state index is 11.4. The first-order chi connectivity index (χ1) is 8.18. The van der Waals surface area contributed by atoms with Crippen LogP contribution in [0.5, 0.6) is 0 Å². The summed E-state index contributed by atoms with van der Waals surface area (Å²) < 4.78 is 0. The van der Waals surface area contributed by atoms with Crippen molar-refractivity contribution in [2.45, 2.75) is 25.3 Å². The molecular weight excluding hydrogens is 212 g/mol. The number of nitrogens with one attached hydrogen (secondary N) is 1. The molecule has 0 heterocycles. The Kier molecular flexibility index (Phi) is 3.79. The second-order valence-electron chi connectivity index (χ2n) is 4.78. The fourth-order valence-electron chi connectivity index (χ4n) is 2.35. The maximum Gasteiger partial charge on any atom is 0.223 e. The molecule has 0 aliphatic heterocycles. The van der Waals surface area contributed by atoms with E-state index in [2.05, 4.69) is 29.6 Å². The number of hydrogen-bond donors (Lipinski definition) is 1. The van der Waals surface area contributed by atoms with E-state index < -0.39 is 0 Å². The van der Waals surface area contributed by atoms with Crippen molar-refractivity contribution in [3.05, 3.63) is 35.4 Å². The Hall–Kier alpha value is -1.35. The van der Waals surface area contributed by atoms with Crippen LogP contribution in [0.15, 0.2) is 24.3 Å². The van der Waals surface area contributed by atoms with Crippen LogP contribution in [0, 0.1) is 0 Å². The van der Waals surface area contributed by atoms with Gasteiger partial charge in [-0.2, -0.15) is 0 Å². The van der Waals surface area contributed by atoms with E-state index in [-0.39, 0.29) is 5.91 Å². The molecule has 3 heteroatoms. The lowest BCUT2D eigenvalue weighted by atomic mass is 10.1. The van der Waals surface area contributed by atoms with Crippen molar-refractivity contribution >= 4 is 5.91 Å². The molecule has 17 heavy (non-hydrogen) atoms. The number of carbonyl (C=O) groups excluding carboxylic acids is 1. The van der Waals surface area contributed by atoms with Crippen LogP contribution >= 0.6 is 0 Å². The van der Waals surface area contributed by atoms with Gasteiger partial charge in [0.25, 0.3) is 0 Å². The van der Waals surface area contributed by atoms with Gasteiger partial charge in [0.15, 0.2) is 0 Å². The summed E-state index contributed by atoms with van der Waals surface area (Å²) in [5.74, 6) is 0.184. The molecule has 1 unspecified atom stereocenters. The molecule has 1 aliphatic rings. The number of aryl methyl sites for hydroxylation is 1. The molecule has 0 saturated heterocycles. The van der Waals surface area contributed by atoms with Gasteiger partial charge in [-0.15, -0.1) is 0 Å². The van der Waals surface area contributed by atoms with E-state index in [0.29, 0.717) is 12.5 Å². The number of fused-ring (bicyclic) bond motifs is 1. The lowest BCUT2D eigenvalue weighted by Crippen LogP contribution is -2.28. The highest BCUT2D eigenvalue weighted by Crippen LogP contribution is 2.30. The first kappa shape index (κ1) is 12.1. The molecular formula is C14H20N2O. The van der Waals surface area contributed by atoms with Gasteiger partial charge in [-0.05, 0) is 24.0 Å². The Morgan fingerprint density at radius 1 is 1.41 bits per heavy atom. The largest absolute Gasteiger partial charge is 0.349 e. The van der Waals surface area contributed by atoms with Crippen LogP contribution < -0.4 is 5.32 Å². The fraction of sp³-hybridized carbons (Fsp3) is 0.500. The number of carbonyl (C=O) groups is 1. The van der Waals surface area contributed by atoms with Crippen molar-refractivity contribution in [2.75, 3.05) is 20.6 Å². The zero-order valence-electron chi connectivity index (χ0n) is 10.6. The second kappa shape index (κ2) is 5.32. The Balaban J connectivity index is 1.84. The van der Waals surface area contributed by atoms with Gasteiger partial charge in [0, 0.05) is 33.1 Å². The third kappa shape index (κ3) is 2.86. The molecule has 0 fully saturated rings. The van der Waals surface area contributed by atoms with E-state index in [9.17, 15) is 4.79 Å². The molecule has 1 aromatic carbocycles. The molecule has 0 saturated carbocycles. The summed E-state index contributed by atoms with van der Waals surface area (Å²) in [5.41, 5.74) is 2.86. The lowest BCUT2D eigenvalue weighted by Gasteiger charge is -2.15. The molecule has 0 aromatic heterocycles. The number of rotatable bonds is 4. The predicted molar refractivity (Wildman–Crippen MR) is 68.8 cm³/mol. The predicted octanol–water partition coefficient (Wildman–Crippen LogP) is 1.74. The minimum atomic E-state index is 0.184. The van der Waals surface area contributed by atoms with Gasteiger partial charge in [0.05, 0.1) is 0 Å². The van der Waals surface area contributed by atoms with Gasteiger partial charge in [-0.1, -0.05) is 24.3 Å². The van der Waals surface area contributed by atoms with Crippen molar-refractivity contribution in [3.8, 4) is 0 Å². The molecule has 0 spiro atoms. The molecule has 1 amide bonds. The van der Waals surface area contributed by atoms with Gasteiger partial charge in [-0.25, -0.2) is 0 Å². The molecule has 1 aliphatic carbocycles. The third-order valence-electron chi connectivity index (χ3n) is 3.36. The van der Waals surface area contributed by atoms with Crippen LogP contribution in [0.3, 0.4) is 0 Å². The van der Waals surface area contributed by atoms with E-state index in [0.717, 1.165) is 19.4 Å². The Bertz CT molecular complexity index is 401. The summed E-state index contributed by atoms with van der Waals surface area (Å²) >= 11 is 0. The van der Waals surface area contributed by atoms with Crippen molar-refractivity contribution < 1.29 is 4.79 Å². The number of amides is 1. The highest BCUT2D eigenvalue weighted by atomic mass is 16.2. The summed E-state index contributed by atoms with van der Waals surface area (Å²) in [7, 11) is 3.60. The summed E-state index contributed by atoms with van der Waals surface area (Å²) in [6.07, 6.45) is 2.87. The van der Waals surface area contributed by atoms with E-state index >= 15 is 0 Å². The second-order valence-corrected chi connectivity index (χ2v) is 4.78. The average Bonchev–Trinajstić information content (AvgIpc) is 2.72. The summed E-state index contributed by atoms with van der Waals surface area (Å²) in [6.45, 7) is 0.760. The van der Waals surface area contributed by atoms with Gasteiger partial charge in [0.2, 0.25) is 5.91 Å². The first-order valence-corrected chi connectivity index (χ1v) is 6.20. The van der Waals surface area contributed by atoms with Crippen molar-refractivity contribution in [1.82, 2.24) is 10.2 Å². The molecule has 92 valence electrons. The molecule has 1 atom stereocenters. The smallest absolute Gasteiger partial charge is 0.223 e. The third-order valence-corrected chi connectivity index (χ3v) is 3.36. The van der Waals surface area contributed by atoms with Gasteiger partial charge in [-0.3, -0.25) is 4.79 Å². The molecule has 0 bridgehead atoms. The fourth-order valence-corrected chi connectivity index (χ4v) is 2.35. The zero-order chi connectivity index (χ0) is 12.3. The highest BCUT2D eigenvalue weighted by molar-refractivity contribution is 5.75. The zero-order valence-corrected chi connectivity index (χ0v) is 10.6. The van der Waals surface area contributed by atoms with Crippen LogP contribution in [0.2, 0.25) is 0 Å². The van der Waals surface area contributed by atoms with E-state index in [1.54, 1.807) is 19.0 Å². The van der Waals surface area contributed by atoms with E-state index in [1.807, 2.05) is 0 Å². The van der Waals surface area contributed by atoms with Gasteiger partial charge < -0.3 is 10.2 Å².